The molecule has 3 atom stereocenters. The molecule has 0 bridgehead atoms. The van der Waals surface area contributed by atoms with Crippen molar-refractivity contribution < 1.29 is 14.3 Å². The molecule has 3 nitrogen and oxygen atoms in total. The smallest absolute Gasteiger partial charge is 0.173 e. The molecule has 0 aromatic heterocycles. The number of hydrogen-bond donors (Lipinski definition) is 0. The lowest BCUT2D eigenvalue weighted by Crippen LogP contribution is -2.62. The van der Waals surface area contributed by atoms with Gasteiger partial charge in [0, 0.05) is 23.7 Å². The van der Waals surface area contributed by atoms with Crippen molar-refractivity contribution >= 4 is 5.78 Å². The van der Waals surface area contributed by atoms with Crippen molar-refractivity contribution in [1.82, 2.24) is 0 Å². The van der Waals surface area contributed by atoms with E-state index in [9.17, 15) is 4.79 Å². The number of allylic oxidation sites excluding steroid dienone is 2. The van der Waals surface area contributed by atoms with Gasteiger partial charge in [-0.1, -0.05) is 32.4 Å². The number of carbonyl (C=O) groups excluding carboxylic acids is 1. The van der Waals surface area contributed by atoms with Crippen molar-refractivity contribution in [3.05, 3.63) is 11.6 Å². The van der Waals surface area contributed by atoms with Gasteiger partial charge in [0.1, 0.15) is 5.78 Å². The molecule has 1 heterocycles. The fourth-order valence-electron chi connectivity index (χ4n) is 6.52. The van der Waals surface area contributed by atoms with Crippen LogP contribution in [0, 0.1) is 22.2 Å². The zero-order chi connectivity index (χ0) is 16.5. The van der Waals surface area contributed by atoms with Crippen LogP contribution >= 0.6 is 0 Å². The van der Waals surface area contributed by atoms with E-state index >= 15 is 0 Å². The van der Waals surface area contributed by atoms with Gasteiger partial charge in [-0.05, 0) is 43.9 Å². The number of hydrogen-bond acceptors (Lipinski definition) is 3. The quantitative estimate of drug-likeness (QED) is 0.626. The number of rotatable bonds is 0. The third-order valence-electron chi connectivity index (χ3n) is 7.83. The minimum Gasteiger partial charge on any atom is -0.347 e. The second-order valence-electron chi connectivity index (χ2n) is 9.09. The molecule has 3 aliphatic carbocycles. The maximum Gasteiger partial charge on any atom is 0.173 e. The molecule has 2 saturated carbocycles. The summed E-state index contributed by atoms with van der Waals surface area (Å²) in [7, 11) is 0. The summed E-state index contributed by atoms with van der Waals surface area (Å²) in [6.07, 6.45) is 8.13. The topological polar surface area (TPSA) is 35.5 Å². The van der Waals surface area contributed by atoms with Crippen LogP contribution in [0.25, 0.3) is 0 Å². The Kier molecular flexibility index (Phi) is 3.23. The van der Waals surface area contributed by atoms with Gasteiger partial charge in [-0.2, -0.15) is 0 Å². The van der Waals surface area contributed by atoms with Crippen molar-refractivity contribution in [3.63, 3.8) is 0 Å². The summed E-state index contributed by atoms with van der Waals surface area (Å²) in [5.74, 6) is 0.553. The Morgan fingerprint density at radius 2 is 1.74 bits per heavy atom. The van der Waals surface area contributed by atoms with Gasteiger partial charge in [0.25, 0.3) is 0 Å². The molecule has 4 rings (SSSR count). The first-order valence-corrected chi connectivity index (χ1v) is 9.29. The van der Waals surface area contributed by atoms with Crippen LogP contribution in [0.4, 0.5) is 0 Å². The Morgan fingerprint density at radius 1 is 1.04 bits per heavy atom. The summed E-state index contributed by atoms with van der Waals surface area (Å²) in [4.78, 5) is 12.7. The summed E-state index contributed by atoms with van der Waals surface area (Å²) in [5.41, 5.74) is 1.28. The molecule has 0 radical (unpaired) electrons. The van der Waals surface area contributed by atoms with Crippen LogP contribution in [0.2, 0.25) is 0 Å². The van der Waals surface area contributed by atoms with E-state index in [4.69, 9.17) is 9.47 Å². The molecule has 3 fully saturated rings. The van der Waals surface area contributed by atoms with E-state index in [0.717, 1.165) is 38.5 Å². The number of ketones is 1. The van der Waals surface area contributed by atoms with Gasteiger partial charge >= 0.3 is 0 Å². The van der Waals surface area contributed by atoms with Gasteiger partial charge in [0.2, 0.25) is 0 Å². The average molecular weight is 318 g/mol. The van der Waals surface area contributed by atoms with Gasteiger partial charge in [-0.25, -0.2) is 0 Å². The summed E-state index contributed by atoms with van der Waals surface area (Å²) < 4.78 is 12.3. The molecule has 128 valence electrons. The molecule has 23 heavy (non-hydrogen) atoms. The highest BCUT2D eigenvalue weighted by Crippen LogP contribution is 2.68. The highest BCUT2D eigenvalue weighted by molar-refractivity contribution is 5.89. The molecule has 1 aliphatic heterocycles. The molecule has 0 aromatic carbocycles. The molecular formula is C20H30O3. The molecule has 2 unspecified atom stereocenters. The molecule has 0 N–H and O–H groups in total. The summed E-state index contributed by atoms with van der Waals surface area (Å²) in [6.45, 7) is 10.7. The minimum atomic E-state index is -0.413. The first-order chi connectivity index (χ1) is 10.8. The van der Waals surface area contributed by atoms with Crippen molar-refractivity contribution in [3.8, 4) is 0 Å². The molecule has 4 aliphatic rings. The zero-order valence-electron chi connectivity index (χ0n) is 15.0. The van der Waals surface area contributed by atoms with Crippen LogP contribution in [0.15, 0.2) is 11.6 Å². The fraction of sp³-hybridized carbons (Fsp3) is 0.850. The van der Waals surface area contributed by atoms with Crippen LogP contribution in [-0.2, 0) is 14.3 Å². The van der Waals surface area contributed by atoms with Gasteiger partial charge in [0.05, 0.1) is 13.2 Å². The highest BCUT2D eigenvalue weighted by atomic mass is 16.7. The maximum absolute atomic E-state index is 12.7. The third-order valence-corrected chi connectivity index (χ3v) is 7.83. The predicted molar refractivity (Wildman–Crippen MR) is 88.9 cm³/mol. The van der Waals surface area contributed by atoms with E-state index in [1.54, 1.807) is 0 Å². The summed E-state index contributed by atoms with van der Waals surface area (Å²) >= 11 is 0. The molecule has 3 heteroatoms. The largest absolute Gasteiger partial charge is 0.347 e. The SMILES string of the molecule is CC12CC[C@@H]3C(C)(CCC4(OCCO4)C3(C)C)C1=CCCC2=O. The van der Waals surface area contributed by atoms with E-state index in [1.165, 1.54) is 5.57 Å². The Labute approximate surface area is 139 Å². The van der Waals surface area contributed by atoms with Gasteiger partial charge in [-0.3, -0.25) is 4.79 Å². The van der Waals surface area contributed by atoms with Crippen molar-refractivity contribution in [2.24, 2.45) is 22.2 Å². The predicted octanol–water partition coefficient (Wildman–Crippen LogP) is 4.26. The Balaban J connectivity index is 1.78. The molecule has 1 saturated heterocycles. The van der Waals surface area contributed by atoms with Crippen molar-refractivity contribution in [2.75, 3.05) is 13.2 Å². The van der Waals surface area contributed by atoms with Crippen LogP contribution in [0.5, 0.6) is 0 Å². The Morgan fingerprint density at radius 3 is 2.43 bits per heavy atom. The van der Waals surface area contributed by atoms with Gasteiger partial charge < -0.3 is 9.47 Å². The van der Waals surface area contributed by atoms with Crippen LogP contribution < -0.4 is 0 Å². The minimum absolute atomic E-state index is 0.0286. The molecule has 1 spiro atoms. The van der Waals surface area contributed by atoms with Crippen molar-refractivity contribution in [2.45, 2.75) is 72.0 Å². The average Bonchev–Trinajstić information content (AvgIpc) is 2.97. The Bertz CT molecular complexity index is 569. The maximum atomic E-state index is 12.7. The fourth-order valence-corrected chi connectivity index (χ4v) is 6.52. The lowest BCUT2D eigenvalue weighted by Gasteiger charge is -2.63. The molecule has 0 amide bonds. The number of fused-ring (bicyclic) bond motifs is 3. The summed E-state index contributed by atoms with van der Waals surface area (Å²) in [5, 5.41) is 0. The third kappa shape index (κ3) is 1.81. The number of ether oxygens (including phenoxy) is 2. The van der Waals surface area contributed by atoms with Gasteiger partial charge in [0.15, 0.2) is 5.79 Å². The second kappa shape index (κ2) is 4.70. The summed E-state index contributed by atoms with van der Waals surface area (Å²) in [6, 6.07) is 0. The van der Waals surface area contributed by atoms with Crippen molar-refractivity contribution in [1.29, 1.82) is 0 Å². The van der Waals surface area contributed by atoms with E-state index in [0.29, 0.717) is 24.9 Å². The van der Waals surface area contributed by atoms with E-state index < -0.39 is 5.79 Å². The lowest BCUT2D eigenvalue weighted by atomic mass is 9.43. The monoisotopic (exact) mass is 318 g/mol. The van der Waals surface area contributed by atoms with Gasteiger partial charge in [-0.15, -0.1) is 0 Å². The normalized spacial score (nSPS) is 44.6. The highest BCUT2D eigenvalue weighted by Gasteiger charge is 2.66. The first-order valence-electron chi connectivity index (χ1n) is 9.29. The Hall–Kier alpha value is -0.670. The van der Waals surface area contributed by atoms with E-state index in [1.807, 2.05) is 0 Å². The molecular weight excluding hydrogens is 288 g/mol. The van der Waals surface area contributed by atoms with E-state index in [2.05, 4.69) is 33.8 Å². The number of Topliss-reactive ketones (excluding diaryl/α,β-unsaturated/α-hetero) is 1. The first kappa shape index (κ1) is 15.8. The standard InChI is InChI=1S/C20H30O3/c1-17(2)14-8-9-19(4)15(6-5-7-16(19)21)18(14,3)10-11-20(17)22-12-13-23-20/h6,14H,5,7-13H2,1-4H3/t14-,18?,19?/m0/s1. The second-order valence-corrected chi connectivity index (χ2v) is 9.09. The van der Waals surface area contributed by atoms with Crippen LogP contribution in [0.1, 0.15) is 66.2 Å². The van der Waals surface area contributed by atoms with Crippen LogP contribution in [-0.4, -0.2) is 24.8 Å². The lowest BCUT2D eigenvalue weighted by molar-refractivity contribution is -0.284. The van der Waals surface area contributed by atoms with Crippen LogP contribution in [0.3, 0.4) is 0 Å². The molecule has 0 aromatic rings. The zero-order valence-corrected chi connectivity index (χ0v) is 15.0. The number of carbonyl (C=O) groups is 1. The van der Waals surface area contributed by atoms with E-state index in [-0.39, 0.29) is 16.2 Å².